The fourth-order valence-electron chi connectivity index (χ4n) is 5.79. The number of nitriles is 1. The Hall–Kier alpha value is -3.81. The lowest BCUT2D eigenvalue weighted by molar-refractivity contribution is 0.0752. The van der Waals surface area contributed by atoms with Gasteiger partial charge in [0, 0.05) is 51.4 Å². The van der Waals surface area contributed by atoms with Crippen LogP contribution in [-0.4, -0.2) is 71.3 Å². The molecular weight excluding hydrogens is 484 g/mol. The normalized spacial score (nSPS) is 17.1. The zero-order valence-electron chi connectivity index (χ0n) is 23.6. The van der Waals surface area contributed by atoms with Crippen LogP contribution in [0.1, 0.15) is 58.8 Å². The van der Waals surface area contributed by atoms with Crippen molar-refractivity contribution >= 4 is 5.91 Å². The van der Waals surface area contributed by atoms with E-state index in [2.05, 4.69) is 69.8 Å². The van der Waals surface area contributed by atoms with E-state index in [1.54, 1.807) is 0 Å². The monoisotopic (exact) mass is 524 g/mol. The maximum Gasteiger partial charge on any atom is 0.300 e. The minimum atomic E-state index is 0.0181. The molecule has 2 aliphatic rings. The number of amides is 1. The summed E-state index contributed by atoms with van der Waals surface area (Å²) in [4.78, 5) is 25.5. The summed E-state index contributed by atoms with van der Waals surface area (Å²) in [5.74, 6) is 0.696. The molecule has 204 valence electrons. The van der Waals surface area contributed by atoms with Crippen molar-refractivity contribution in [2.45, 2.75) is 53.1 Å². The molecule has 7 nitrogen and oxygen atoms in total. The van der Waals surface area contributed by atoms with E-state index in [-0.39, 0.29) is 11.6 Å². The summed E-state index contributed by atoms with van der Waals surface area (Å²) in [7, 11) is 0. The van der Waals surface area contributed by atoms with Gasteiger partial charge in [-0.15, -0.1) is 0 Å². The number of allylic oxidation sites excluding steroid dienone is 1. The van der Waals surface area contributed by atoms with E-state index in [1.807, 2.05) is 24.0 Å². The smallest absolute Gasteiger partial charge is 0.300 e. The van der Waals surface area contributed by atoms with Crippen molar-refractivity contribution < 1.29 is 4.79 Å². The maximum absolute atomic E-state index is 13.4. The highest BCUT2D eigenvalue weighted by Crippen LogP contribution is 2.26. The second-order valence-electron chi connectivity index (χ2n) is 10.7. The Bertz CT molecular complexity index is 1230. The van der Waals surface area contributed by atoms with Crippen molar-refractivity contribution in [2.24, 2.45) is 0 Å². The van der Waals surface area contributed by atoms with Crippen molar-refractivity contribution in [1.82, 2.24) is 19.6 Å². The third-order valence-corrected chi connectivity index (χ3v) is 7.69. The zero-order valence-corrected chi connectivity index (χ0v) is 23.6. The number of carbonyl (C=O) groups excluding carboxylic acids is 1. The van der Waals surface area contributed by atoms with Crippen LogP contribution in [0.3, 0.4) is 0 Å². The molecule has 0 atom stereocenters. The van der Waals surface area contributed by atoms with Gasteiger partial charge in [0.15, 0.2) is 0 Å². The molecule has 0 radical (unpaired) electrons. The van der Waals surface area contributed by atoms with Gasteiger partial charge < -0.3 is 14.7 Å². The van der Waals surface area contributed by atoms with Gasteiger partial charge in [0.25, 0.3) is 5.91 Å². The molecule has 0 bridgehead atoms. The summed E-state index contributed by atoms with van der Waals surface area (Å²) in [5.41, 5.74) is 5.63. The molecular formula is C32H40N6O. The highest BCUT2D eigenvalue weighted by Gasteiger charge is 2.29. The molecule has 0 unspecified atom stereocenters. The van der Waals surface area contributed by atoms with E-state index < -0.39 is 0 Å². The van der Waals surface area contributed by atoms with Crippen molar-refractivity contribution in [2.75, 3.05) is 45.8 Å². The average molecular weight is 525 g/mol. The van der Waals surface area contributed by atoms with Gasteiger partial charge in [-0.05, 0) is 70.0 Å². The Morgan fingerprint density at radius 3 is 2.23 bits per heavy atom. The van der Waals surface area contributed by atoms with Crippen LogP contribution in [0.4, 0.5) is 0 Å². The maximum atomic E-state index is 13.4. The van der Waals surface area contributed by atoms with Crippen LogP contribution in [0, 0.1) is 31.8 Å². The van der Waals surface area contributed by atoms with E-state index in [9.17, 15) is 10.1 Å². The van der Waals surface area contributed by atoms with Crippen LogP contribution in [0.25, 0.3) is 4.85 Å². The number of carbonyl (C=O) groups is 1. The number of piperidine rings is 1. The predicted molar refractivity (Wildman–Crippen MR) is 154 cm³/mol. The Balaban J connectivity index is 1.41. The topological polar surface area (TPSA) is 58.2 Å². The van der Waals surface area contributed by atoms with Gasteiger partial charge in [0.05, 0.1) is 12.6 Å². The van der Waals surface area contributed by atoms with Crippen LogP contribution in [-0.2, 0) is 13.1 Å². The molecule has 39 heavy (non-hydrogen) atoms. The molecule has 1 amide bonds. The molecule has 7 heteroatoms. The second kappa shape index (κ2) is 13.3. The summed E-state index contributed by atoms with van der Waals surface area (Å²) < 4.78 is 0. The lowest BCUT2D eigenvalue weighted by Gasteiger charge is -2.29. The summed E-state index contributed by atoms with van der Waals surface area (Å²) in [6.07, 6.45) is 3.86. The molecule has 2 heterocycles. The fraction of sp³-hybridized carbons (Fsp3) is 0.469. The van der Waals surface area contributed by atoms with Gasteiger partial charge in [0.1, 0.15) is 5.82 Å². The van der Waals surface area contributed by atoms with Crippen LogP contribution in [0.5, 0.6) is 0 Å². The highest BCUT2D eigenvalue weighted by molar-refractivity contribution is 5.94. The summed E-state index contributed by atoms with van der Waals surface area (Å²) in [5, 5.41) is 9.72. The fourth-order valence-corrected chi connectivity index (χ4v) is 5.79. The number of benzene rings is 2. The Morgan fingerprint density at radius 1 is 0.949 bits per heavy atom. The van der Waals surface area contributed by atoms with Gasteiger partial charge in [-0.25, -0.2) is 10.1 Å². The van der Waals surface area contributed by atoms with Crippen molar-refractivity contribution in [3.05, 3.63) is 93.2 Å². The lowest BCUT2D eigenvalue weighted by atomic mass is 10.1. The molecule has 0 aromatic heterocycles. The highest BCUT2D eigenvalue weighted by atomic mass is 16.2. The minimum absolute atomic E-state index is 0.0181. The van der Waals surface area contributed by atoms with Crippen LogP contribution >= 0.6 is 0 Å². The molecule has 4 rings (SSSR count). The van der Waals surface area contributed by atoms with Crippen molar-refractivity contribution in [1.29, 1.82) is 5.26 Å². The second-order valence-corrected chi connectivity index (χ2v) is 10.7. The number of hydrogen-bond acceptors (Lipinski definition) is 5. The van der Waals surface area contributed by atoms with Crippen molar-refractivity contribution in [3.8, 4) is 6.07 Å². The van der Waals surface area contributed by atoms with Crippen LogP contribution in [0.15, 0.2) is 54.0 Å². The summed E-state index contributed by atoms with van der Waals surface area (Å²) >= 11 is 0. The quantitative estimate of drug-likeness (QED) is 0.334. The van der Waals surface area contributed by atoms with Gasteiger partial charge in [-0.2, -0.15) is 0 Å². The zero-order chi connectivity index (χ0) is 27.8. The molecule has 0 N–H and O–H groups in total. The number of hydrogen-bond donors (Lipinski definition) is 0. The predicted octanol–water partition coefficient (Wildman–Crippen LogP) is 5.18. The molecule has 2 fully saturated rings. The number of rotatable bonds is 9. The molecule has 0 aliphatic carbocycles. The van der Waals surface area contributed by atoms with E-state index in [1.165, 1.54) is 41.5 Å². The number of nitrogens with zero attached hydrogens (tertiary/aromatic N) is 6. The molecule has 0 saturated carbocycles. The molecule has 0 spiro atoms. The third-order valence-electron chi connectivity index (χ3n) is 7.69. The number of likely N-dealkylation sites (N-methyl/N-ethyl adjacent to an activating group) is 1. The Labute approximate surface area is 233 Å². The first kappa shape index (κ1) is 28.2. The first-order chi connectivity index (χ1) is 18.9. The first-order valence-corrected chi connectivity index (χ1v) is 14.1. The van der Waals surface area contributed by atoms with E-state index >= 15 is 0 Å². The standard InChI is InChI=1S/C32H40N6O/c1-5-36(32(39)29-11-9-27(10-12-29)23-35-13-7-6-8-14-35)15-16-37-17-18-38(31(37)30(22-33)34-4)24-28-20-25(2)19-26(3)21-28/h9-12,19-21H,5-8,13-18,23-24H2,1-3H3. The summed E-state index contributed by atoms with van der Waals surface area (Å²) in [6.45, 7) is 20.8. The van der Waals surface area contributed by atoms with Gasteiger partial charge in [-0.1, -0.05) is 47.9 Å². The SMILES string of the molecule is [C-]#[N+]C(C#N)=C1N(CCN(CC)C(=O)c2ccc(CN3CCCCC3)cc2)CCN1Cc1cc(C)cc(C)c1. The molecule has 2 aliphatic heterocycles. The van der Waals surface area contributed by atoms with Crippen LogP contribution < -0.4 is 0 Å². The van der Waals surface area contributed by atoms with Gasteiger partial charge >= 0.3 is 5.70 Å². The number of likely N-dealkylation sites (tertiary alicyclic amines) is 1. The lowest BCUT2D eigenvalue weighted by Crippen LogP contribution is -2.38. The summed E-state index contributed by atoms with van der Waals surface area (Å²) in [6, 6.07) is 16.6. The number of aryl methyl sites for hydroxylation is 2. The van der Waals surface area contributed by atoms with E-state index in [0.717, 1.165) is 32.7 Å². The average Bonchev–Trinajstić information content (AvgIpc) is 3.32. The Morgan fingerprint density at radius 2 is 1.62 bits per heavy atom. The Kier molecular flexibility index (Phi) is 9.63. The molecule has 2 aromatic carbocycles. The molecule has 2 saturated heterocycles. The molecule has 2 aromatic rings. The van der Waals surface area contributed by atoms with E-state index in [4.69, 9.17) is 6.57 Å². The largest absolute Gasteiger partial charge is 0.363 e. The third kappa shape index (κ3) is 7.19. The van der Waals surface area contributed by atoms with Gasteiger partial charge in [0.2, 0.25) is 0 Å². The van der Waals surface area contributed by atoms with Crippen LogP contribution in [0.2, 0.25) is 0 Å². The first-order valence-electron chi connectivity index (χ1n) is 14.1. The van der Waals surface area contributed by atoms with Gasteiger partial charge in [-0.3, -0.25) is 9.69 Å². The minimum Gasteiger partial charge on any atom is -0.363 e. The van der Waals surface area contributed by atoms with Crippen molar-refractivity contribution in [3.63, 3.8) is 0 Å². The van der Waals surface area contributed by atoms with E-state index in [0.29, 0.717) is 37.6 Å².